The second-order valence-corrected chi connectivity index (χ2v) is 14.4. The van der Waals surface area contributed by atoms with Gasteiger partial charge in [-0.2, -0.15) is 5.10 Å². The van der Waals surface area contributed by atoms with Crippen molar-refractivity contribution < 1.29 is 19.4 Å². The normalized spacial score (nSPS) is 14.6. The lowest BCUT2D eigenvalue weighted by Crippen LogP contribution is -2.48. The van der Waals surface area contributed by atoms with Gasteiger partial charge >= 0.3 is 5.97 Å². The number of hydrogen-bond donors (Lipinski definition) is 1. The van der Waals surface area contributed by atoms with Crippen molar-refractivity contribution in [1.29, 1.82) is 0 Å². The molecule has 3 aromatic carbocycles. The molecule has 7 rings (SSSR count). The van der Waals surface area contributed by atoms with Crippen molar-refractivity contribution in [1.82, 2.24) is 18.9 Å². The molecular formula is C40H41Cl2N5O4. The average Bonchev–Trinajstić information content (AvgIpc) is 3.71. The number of hydrogen-bond acceptors (Lipinski definition) is 4. The number of anilines is 1. The summed E-state index contributed by atoms with van der Waals surface area (Å²) in [7, 11) is 3.80. The van der Waals surface area contributed by atoms with Crippen LogP contribution in [0.2, 0.25) is 10.0 Å². The molecule has 0 radical (unpaired) electrons. The smallest absolute Gasteiger partial charge is 0.336 e. The minimum absolute atomic E-state index is 0.165. The fourth-order valence-electron chi connectivity index (χ4n) is 7.86. The van der Waals surface area contributed by atoms with E-state index < -0.39 is 5.97 Å². The van der Waals surface area contributed by atoms with E-state index in [-0.39, 0.29) is 17.5 Å². The van der Waals surface area contributed by atoms with Gasteiger partial charge in [-0.05, 0) is 100 Å². The van der Waals surface area contributed by atoms with Crippen LogP contribution in [-0.2, 0) is 27.1 Å². The van der Waals surface area contributed by atoms with Crippen LogP contribution in [0.3, 0.4) is 0 Å². The molecule has 11 heteroatoms. The molecule has 1 N–H and O–H groups in total. The van der Waals surface area contributed by atoms with Gasteiger partial charge in [0, 0.05) is 65.1 Å². The number of rotatable bonds is 9. The Morgan fingerprint density at radius 2 is 1.73 bits per heavy atom. The molecule has 0 aliphatic carbocycles. The minimum atomic E-state index is -1.03. The zero-order valence-electron chi connectivity index (χ0n) is 29.9. The summed E-state index contributed by atoms with van der Waals surface area (Å²) < 4.78 is 12.1. The monoisotopic (exact) mass is 725 g/mol. The molecule has 4 heterocycles. The number of fused-ring (bicyclic) bond motifs is 4. The summed E-state index contributed by atoms with van der Waals surface area (Å²) in [5, 5.41) is 17.8. The third kappa shape index (κ3) is 5.67. The van der Waals surface area contributed by atoms with E-state index in [4.69, 9.17) is 33.0 Å². The molecule has 9 nitrogen and oxygen atoms in total. The Hall–Kier alpha value is -4.73. The molecular weight excluding hydrogens is 685 g/mol. The standard InChI is InChI=1S/C40H41Cl2N5O4/c1-8-25-20-46-37-30(11-12-32(41)35(37)34-23(4)43-45(7)24(34)5)29(10-9-15-51-27-16-21(2)36(42)22(3)17-27)38(46)39(48)47(25)26-18-31(40(49)50)28-13-14-44(6)33(28)19-26/h11-14,16-19,25H,8-10,15,20H2,1-7H3,(H,49,50). The first-order chi connectivity index (χ1) is 24.3. The highest BCUT2D eigenvalue weighted by Gasteiger charge is 2.38. The van der Waals surface area contributed by atoms with E-state index in [1.807, 2.05) is 87.6 Å². The Morgan fingerprint density at radius 1 is 1.00 bits per heavy atom. The highest BCUT2D eigenvalue weighted by atomic mass is 35.5. The van der Waals surface area contributed by atoms with Crippen LogP contribution in [0.25, 0.3) is 32.9 Å². The predicted molar refractivity (Wildman–Crippen MR) is 204 cm³/mol. The lowest BCUT2D eigenvalue weighted by atomic mass is 9.98. The van der Waals surface area contributed by atoms with Crippen molar-refractivity contribution in [3.05, 3.63) is 98.0 Å². The minimum Gasteiger partial charge on any atom is -0.494 e. The van der Waals surface area contributed by atoms with Gasteiger partial charge in [0.15, 0.2) is 0 Å². The third-order valence-corrected chi connectivity index (χ3v) is 11.3. The number of carboxylic acid groups (broad SMARTS) is 1. The molecule has 1 atom stereocenters. The van der Waals surface area contributed by atoms with E-state index in [0.717, 1.165) is 66.4 Å². The molecule has 1 aliphatic heterocycles. The second-order valence-electron chi connectivity index (χ2n) is 13.6. The maximum absolute atomic E-state index is 15.1. The summed E-state index contributed by atoms with van der Waals surface area (Å²) >= 11 is 13.5. The lowest BCUT2D eigenvalue weighted by molar-refractivity contribution is 0.0698. The molecule has 51 heavy (non-hydrogen) atoms. The predicted octanol–water partition coefficient (Wildman–Crippen LogP) is 9.22. The second kappa shape index (κ2) is 13.1. The number of aryl methyl sites for hydroxylation is 6. The van der Waals surface area contributed by atoms with Crippen LogP contribution in [0, 0.1) is 27.7 Å². The topological polar surface area (TPSA) is 94.5 Å². The van der Waals surface area contributed by atoms with Crippen molar-refractivity contribution in [3.8, 4) is 16.9 Å². The van der Waals surface area contributed by atoms with Crippen molar-refractivity contribution in [2.24, 2.45) is 14.1 Å². The molecule has 0 fully saturated rings. The van der Waals surface area contributed by atoms with E-state index in [0.29, 0.717) is 54.2 Å². The fraction of sp³-hybridized carbons (Fsp3) is 0.325. The van der Waals surface area contributed by atoms with Crippen LogP contribution in [0.1, 0.15) is 68.7 Å². The first-order valence-electron chi connectivity index (χ1n) is 17.2. The maximum Gasteiger partial charge on any atom is 0.336 e. The van der Waals surface area contributed by atoms with Gasteiger partial charge in [-0.15, -0.1) is 0 Å². The number of amides is 1. The number of benzene rings is 3. The van der Waals surface area contributed by atoms with Gasteiger partial charge in [0.05, 0.1) is 40.0 Å². The molecule has 6 aromatic rings. The highest BCUT2D eigenvalue weighted by Crippen LogP contribution is 2.44. The SMILES string of the molecule is CCC1Cn2c(c(CCCOc3cc(C)c(Cl)c(C)c3)c3ccc(Cl)c(-c4c(C)nn(C)c4C)c32)C(=O)N1c1cc(C(=O)O)c2ccn(C)c2c1. The summed E-state index contributed by atoms with van der Waals surface area (Å²) in [6.07, 6.45) is 3.72. The van der Waals surface area contributed by atoms with E-state index in [1.165, 1.54) is 0 Å². The fourth-order valence-corrected chi connectivity index (χ4v) is 8.22. The van der Waals surface area contributed by atoms with Crippen LogP contribution in [0.5, 0.6) is 5.75 Å². The molecule has 0 spiro atoms. The number of ether oxygens (including phenoxy) is 1. The van der Waals surface area contributed by atoms with Gasteiger partial charge in [-0.3, -0.25) is 9.48 Å². The summed E-state index contributed by atoms with van der Waals surface area (Å²) in [6.45, 7) is 10.9. The zero-order valence-corrected chi connectivity index (χ0v) is 31.4. The third-order valence-electron chi connectivity index (χ3n) is 10.4. The van der Waals surface area contributed by atoms with Crippen molar-refractivity contribution in [2.75, 3.05) is 11.5 Å². The first kappa shape index (κ1) is 34.7. The Bertz CT molecular complexity index is 2380. The van der Waals surface area contributed by atoms with Crippen molar-refractivity contribution >= 4 is 62.6 Å². The molecule has 264 valence electrons. The van der Waals surface area contributed by atoms with E-state index >= 15 is 4.79 Å². The summed E-state index contributed by atoms with van der Waals surface area (Å²) in [6, 6.07) is 12.9. The number of nitrogens with zero attached hydrogens (tertiary/aromatic N) is 5. The van der Waals surface area contributed by atoms with Gasteiger partial charge in [-0.25, -0.2) is 4.79 Å². The maximum atomic E-state index is 15.1. The van der Waals surface area contributed by atoms with Crippen LogP contribution >= 0.6 is 23.2 Å². The van der Waals surface area contributed by atoms with Crippen LogP contribution < -0.4 is 9.64 Å². The van der Waals surface area contributed by atoms with Gasteiger partial charge in [-0.1, -0.05) is 36.2 Å². The first-order valence-corrected chi connectivity index (χ1v) is 18.0. The van der Waals surface area contributed by atoms with Gasteiger partial charge in [0.1, 0.15) is 11.4 Å². The number of carbonyl (C=O) groups excluding carboxylic acids is 1. The Morgan fingerprint density at radius 3 is 2.37 bits per heavy atom. The van der Waals surface area contributed by atoms with Gasteiger partial charge in [0.2, 0.25) is 0 Å². The molecule has 1 amide bonds. The van der Waals surface area contributed by atoms with Crippen LogP contribution in [0.15, 0.2) is 48.7 Å². The average molecular weight is 727 g/mol. The number of carboxylic acids is 1. The van der Waals surface area contributed by atoms with Gasteiger partial charge in [0.25, 0.3) is 5.91 Å². The molecule has 0 saturated heterocycles. The van der Waals surface area contributed by atoms with Crippen LogP contribution in [-0.4, -0.2) is 48.5 Å². The quantitative estimate of drug-likeness (QED) is 0.150. The molecule has 0 saturated carbocycles. The van der Waals surface area contributed by atoms with Crippen molar-refractivity contribution in [3.63, 3.8) is 0 Å². The number of halogens is 2. The Kier molecular flexibility index (Phi) is 8.92. The highest BCUT2D eigenvalue weighted by molar-refractivity contribution is 6.35. The Labute approximate surface area is 306 Å². The largest absolute Gasteiger partial charge is 0.494 e. The lowest BCUT2D eigenvalue weighted by Gasteiger charge is -2.37. The number of aromatic carboxylic acids is 1. The van der Waals surface area contributed by atoms with Crippen molar-refractivity contribution in [2.45, 2.75) is 66.5 Å². The molecule has 0 bridgehead atoms. The summed E-state index contributed by atoms with van der Waals surface area (Å²) in [4.78, 5) is 29.4. The summed E-state index contributed by atoms with van der Waals surface area (Å²) in [5.74, 6) is -0.447. The van der Waals surface area contributed by atoms with E-state index in [9.17, 15) is 9.90 Å². The zero-order chi connectivity index (χ0) is 36.5. The number of aromatic nitrogens is 4. The molecule has 1 aliphatic rings. The molecule has 1 unspecified atom stereocenters. The molecule has 3 aromatic heterocycles. The van der Waals surface area contributed by atoms with Crippen LogP contribution in [0.4, 0.5) is 5.69 Å². The number of carbonyl (C=O) groups is 2. The van der Waals surface area contributed by atoms with E-state index in [1.54, 1.807) is 17.0 Å². The summed E-state index contributed by atoms with van der Waals surface area (Å²) in [5.41, 5.74) is 9.46. The Balaban J connectivity index is 1.39. The van der Waals surface area contributed by atoms with E-state index in [2.05, 4.69) is 11.5 Å². The van der Waals surface area contributed by atoms with Gasteiger partial charge < -0.3 is 23.9 Å².